The lowest BCUT2D eigenvalue weighted by Crippen LogP contribution is -2.40. The van der Waals surface area contributed by atoms with Crippen molar-refractivity contribution in [3.8, 4) is 11.8 Å². The van der Waals surface area contributed by atoms with Crippen molar-refractivity contribution in [2.24, 2.45) is 5.92 Å². The molecular weight excluding hydrogens is 452 g/mol. The summed E-state index contributed by atoms with van der Waals surface area (Å²) in [6.45, 7) is 2.60. The van der Waals surface area contributed by atoms with Crippen LogP contribution in [0.2, 0.25) is 5.02 Å². The van der Waals surface area contributed by atoms with Crippen LogP contribution in [0.3, 0.4) is 0 Å². The average Bonchev–Trinajstić information content (AvgIpc) is 3.20. The van der Waals surface area contributed by atoms with Crippen LogP contribution in [-0.4, -0.2) is 52.7 Å². The van der Waals surface area contributed by atoms with Crippen LogP contribution in [0.15, 0.2) is 30.3 Å². The van der Waals surface area contributed by atoms with E-state index in [0.29, 0.717) is 28.8 Å². The molecule has 1 amide bonds. The van der Waals surface area contributed by atoms with Crippen molar-refractivity contribution in [2.75, 3.05) is 24.6 Å². The molecule has 1 aliphatic carbocycles. The molecule has 1 saturated carbocycles. The Kier molecular flexibility index (Phi) is 6.62. The van der Waals surface area contributed by atoms with E-state index in [-0.39, 0.29) is 24.7 Å². The number of hydrogen-bond acceptors (Lipinski definition) is 6. The molecule has 1 saturated heterocycles. The van der Waals surface area contributed by atoms with Gasteiger partial charge < -0.3 is 19.6 Å². The molecule has 5 rings (SSSR count). The van der Waals surface area contributed by atoms with Gasteiger partial charge in [0, 0.05) is 31.8 Å². The number of pyridine rings is 1. The van der Waals surface area contributed by atoms with Gasteiger partial charge in [0.25, 0.3) is 5.91 Å². The molecule has 34 heavy (non-hydrogen) atoms. The molecule has 2 aromatic rings. The monoisotopic (exact) mass is 480 g/mol. The summed E-state index contributed by atoms with van der Waals surface area (Å²) in [5.74, 6) is 2.08. The van der Waals surface area contributed by atoms with Crippen molar-refractivity contribution in [1.82, 2.24) is 9.88 Å². The Morgan fingerprint density at radius 2 is 1.88 bits per heavy atom. The third-order valence-corrected chi connectivity index (χ3v) is 7.73. The topological polar surface area (TPSA) is 89.7 Å². The van der Waals surface area contributed by atoms with Crippen LogP contribution in [0.25, 0.3) is 0 Å². The van der Waals surface area contributed by atoms with Crippen molar-refractivity contribution in [3.63, 3.8) is 0 Å². The fourth-order valence-corrected chi connectivity index (χ4v) is 5.55. The molecule has 7 nitrogen and oxygen atoms in total. The van der Waals surface area contributed by atoms with Crippen LogP contribution in [0.5, 0.6) is 5.75 Å². The van der Waals surface area contributed by atoms with Crippen molar-refractivity contribution < 1.29 is 14.6 Å². The van der Waals surface area contributed by atoms with Crippen molar-refractivity contribution in [2.45, 2.75) is 57.2 Å². The smallest absolute Gasteiger partial charge is 0.256 e. The summed E-state index contributed by atoms with van der Waals surface area (Å²) in [6.07, 6.45) is 5.51. The van der Waals surface area contributed by atoms with Gasteiger partial charge in [-0.3, -0.25) is 4.79 Å². The first-order valence-corrected chi connectivity index (χ1v) is 12.5. The molecule has 0 bridgehead atoms. The second-order valence-corrected chi connectivity index (χ2v) is 9.92. The molecule has 0 atom stereocenters. The summed E-state index contributed by atoms with van der Waals surface area (Å²) in [7, 11) is 0. The predicted octanol–water partition coefficient (Wildman–Crippen LogP) is 4.16. The first kappa shape index (κ1) is 22.9. The number of carbonyl (C=O) groups is 1. The molecule has 2 aliphatic heterocycles. The van der Waals surface area contributed by atoms with Crippen LogP contribution in [0.1, 0.15) is 60.1 Å². The summed E-state index contributed by atoms with van der Waals surface area (Å²) in [4.78, 5) is 22.2. The van der Waals surface area contributed by atoms with Crippen molar-refractivity contribution in [1.29, 1.82) is 5.26 Å². The fourth-order valence-electron chi connectivity index (χ4n) is 5.34. The first-order chi connectivity index (χ1) is 16.6. The van der Waals surface area contributed by atoms with E-state index >= 15 is 0 Å². The number of halogens is 1. The maximum atomic E-state index is 13.1. The number of fused-ring (bicyclic) bond motifs is 1. The summed E-state index contributed by atoms with van der Waals surface area (Å²) in [5, 5.41) is 18.8. The Balaban J connectivity index is 1.18. The molecule has 0 spiro atoms. The molecule has 1 N–H and O–H groups in total. The number of hydrogen-bond donors (Lipinski definition) is 1. The number of aliphatic hydroxyl groups excluding tert-OH is 1. The molecule has 3 aliphatic rings. The van der Waals surface area contributed by atoms with Crippen LogP contribution >= 0.6 is 11.6 Å². The second-order valence-electron chi connectivity index (χ2n) is 9.51. The highest BCUT2D eigenvalue weighted by Gasteiger charge is 2.36. The van der Waals surface area contributed by atoms with E-state index < -0.39 is 0 Å². The van der Waals surface area contributed by atoms with E-state index in [9.17, 15) is 9.90 Å². The maximum Gasteiger partial charge on any atom is 0.256 e. The molecule has 2 fully saturated rings. The minimum atomic E-state index is 0.0758. The molecule has 1 aromatic heterocycles. The number of aliphatic hydroxyl groups is 1. The third-order valence-electron chi connectivity index (χ3n) is 7.42. The lowest BCUT2D eigenvalue weighted by Gasteiger charge is -2.34. The summed E-state index contributed by atoms with van der Waals surface area (Å²) >= 11 is 6.12. The van der Waals surface area contributed by atoms with Gasteiger partial charge in [0.05, 0.1) is 34.5 Å². The Hall–Kier alpha value is -2.82. The summed E-state index contributed by atoms with van der Waals surface area (Å²) < 4.78 is 6.10. The van der Waals surface area contributed by atoms with Gasteiger partial charge in [-0.2, -0.15) is 5.26 Å². The zero-order valence-electron chi connectivity index (χ0n) is 19.1. The minimum absolute atomic E-state index is 0.0758. The number of piperidine rings is 1. The number of nitriles is 1. The molecular formula is C26H29ClN4O3. The van der Waals surface area contributed by atoms with E-state index in [1.807, 2.05) is 17.0 Å². The fraction of sp³-hybridized carbons (Fsp3) is 0.500. The Morgan fingerprint density at radius 1 is 1.12 bits per heavy atom. The van der Waals surface area contributed by atoms with Gasteiger partial charge in [0.2, 0.25) is 0 Å². The lowest BCUT2D eigenvalue weighted by molar-refractivity contribution is 0.0560. The van der Waals surface area contributed by atoms with Gasteiger partial charge >= 0.3 is 0 Å². The Morgan fingerprint density at radius 3 is 2.56 bits per heavy atom. The normalized spacial score (nSPS) is 23.0. The minimum Gasteiger partial charge on any atom is -0.490 e. The predicted molar refractivity (Wildman–Crippen MR) is 129 cm³/mol. The quantitative estimate of drug-likeness (QED) is 0.691. The van der Waals surface area contributed by atoms with Crippen LogP contribution < -0.4 is 9.64 Å². The molecule has 0 unspecified atom stereocenters. The number of carbonyl (C=O) groups excluding carboxylic acids is 1. The average molecular weight is 481 g/mol. The summed E-state index contributed by atoms with van der Waals surface area (Å²) in [5.41, 5.74) is 2.04. The zero-order valence-corrected chi connectivity index (χ0v) is 19.9. The number of ether oxygens (including phenoxy) is 1. The van der Waals surface area contributed by atoms with Crippen molar-refractivity contribution >= 4 is 23.3 Å². The van der Waals surface area contributed by atoms with E-state index in [4.69, 9.17) is 26.6 Å². The van der Waals surface area contributed by atoms with E-state index in [0.717, 1.165) is 68.7 Å². The number of nitrogens with zero attached hydrogens (tertiary/aromatic N) is 4. The highest BCUT2D eigenvalue weighted by molar-refractivity contribution is 6.31. The SMILES string of the molecule is N#Cc1ccc(O[C@H]2CC[C@H](N3Cc4nc(N5CCC(CO)CC5)ccc4C3=O)CC2)cc1Cl. The van der Waals surface area contributed by atoms with Gasteiger partial charge in [-0.25, -0.2) is 4.98 Å². The van der Waals surface area contributed by atoms with Crippen LogP contribution in [-0.2, 0) is 6.54 Å². The number of rotatable bonds is 5. The second kappa shape index (κ2) is 9.81. The van der Waals surface area contributed by atoms with Crippen molar-refractivity contribution in [3.05, 3.63) is 52.2 Å². The van der Waals surface area contributed by atoms with E-state index in [1.54, 1.807) is 18.2 Å². The zero-order chi connectivity index (χ0) is 23.7. The number of amides is 1. The lowest BCUT2D eigenvalue weighted by atomic mass is 9.92. The van der Waals surface area contributed by atoms with E-state index in [2.05, 4.69) is 11.0 Å². The van der Waals surface area contributed by atoms with Crippen LogP contribution in [0, 0.1) is 17.2 Å². The molecule has 3 heterocycles. The maximum absolute atomic E-state index is 13.1. The standard InChI is InChI=1S/C26H29ClN4O3/c27-23-13-21(4-1-18(23)14-28)34-20-5-2-19(3-6-20)31-15-24-22(26(31)33)7-8-25(29-24)30-11-9-17(16-32)10-12-30/h1,4,7-8,13,17,19-20,32H,2-3,5-6,9-12,15-16H2/t19-,20-. The van der Waals surface area contributed by atoms with Crippen LogP contribution in [0.4, 0.5) is 5.82 Å². The molecule has 8 heteroatoms. The third kappa shape index (κ3) is 4.57. The molecule has 1 aromatic carbocycles. The number of benzene rings is 1. The van der Waals surface area contributed by atoms with Gasteiger partial charge in [-0.05, 0) is 68.7 Å². The first-order valence-electron chi connectivity index (χ1n) is 12.1. The Labute approximate surface area is 204 Å². The van der Waals surface area contributed by atoms with Gasteiger partial charge in [0.1, 0.15) is 17.6 Å². The molecule has 178 valence electrons. The van der Waals surface area contributed by atoms with E-state index in [1.165, 1.54) is 0 Å². The highest BCUT2D eigenvalue weighted by Crippen LogP contribution is 2.34. The largest absolute Gasteiger partial charge is 0.490 e. The molecule has 0 radical (unpaired) electrons. The number of anilines is 1. The number of aromatic nitrogens is 1. The van der Waals surface area contributed by atoms with Gasteiger partial charge in [0.15, 0.2) is 0 Å². The summed E-state index contributed by atoms with van der Waals surface area (Å²) in [6, 6.07) is 11.3. The van der Waals surface area contributed by atoms with Gasteiger partial charge in [-0.15, -0.1) is 0 Å². The Bertz CT molecular complexity index is 1100. The van der Waals surface area contributed by atoms with Gasteiger partial charge in [-0.1, -0.05) is 11.6 Å². The highest BCUT2D eigenvalue weighted by atomic mass is 35.5.